The molecule has 0 spiro atoms. The van der Waals surface area contributed by atoms with Crippen molar-refractivity contribution in [1.29, 1.82) is 0 Å². The van der Waals surface area contributed by atoms with E-state index in [2.05, 4.69) is 21.4 Å². The lowest BCUT2D eigenvalue weighted by molar-refractivity contribution is -0.157. The standard InChI is InChI=1S/C27H26BrNO7/c1-33-18-11-9-16(10-12-18)27-22(15-7-5-4-6-8-15)21(25(31)29-35-3)24(30)26(27,32)23-19(34-2)13-17(28)14-20(23)36-27/h4-14,21-22,24,30,32H,1-3H3,(H,29,31)/t21-,22-,24-,26+,27+/m1/s1. The number of rotatable bonds is 6. The molecule has 188 valence electrons. The van der Waals surface area contributed by atoms with E-state index in [9.17, 15) is 15.0 Å². The van der Waals surface area contributed by atoms with Crippen molar-refractivity contribution in [2.24, 2.45) is 5.92 Å². The zero-order chi connectivity index (χ0) is 25.7. The molecule has 3 aromatic rings. The molecule has 1 heterocycles. The molecule has 1 amide bonds. The highest BCUT2D eigenvalue weighted by Gasteiger charge is 2.78. The average molecular weight is 556 g/mol. The Hall–Kier alpha value is -3.11. The van der Waals surface area contributed by atoms with Crippen molar-refractivity contribution in [2.45, 2.75) is 23.2 Å². The van der Waals surface area contributed by atoms with Crippen molar-refractivity contribution >= 4 is 21.8 Å². The summed E-state index contributed by atoms with van der Waals surface area (Å²) in [6.07, 6.45) is -1.59. The quantitative estimate of drug-likeness (QED) is 0.400. The van der Waals surface area contributed by atoms with Gasteiger partial charge in [0.2, 0.25) is 5.91 Å². The van der Waals surface area contributed by atoms with Gasteiger partial charge >= 0.3 is 0 Å². The molecule has 1 aliphatic carbocycles. The van der Waals surface area contributed by atoms with Crippen LogP contribution in [0.5, 0.6) is 17.2 Å². The minimum Gasteiger partial charge on any atom is -0.497 e. The Morgan fingerprint density at radius 2 is 1.72 bits per heavy atom. The lowest BCUT2D eigenvalue weighted by atomic mass is 9.70. The van der Waals surface area contributed by atoms with E-state index in [-0.39, 0.29) is 5.56 Å². The number of benzene rings is 3. The topological polar surface area (TPSA) is 106 Å². The Morgan fingerprint density at radius 1 is 1.03 bits per heavy atom. The van der Waals surface area contributed by atoms with E-state index >= 15 is 0 Å². The summed E-state index contributed by atoms with van der Waals surface area (Å²) in [6, 6.07) is 19.7. The number of aliphatic hydroxyl groups is 2. The third-order valence-electron chi connectivity index (χ3n) is 7.22. The summed E-state index contributed by atoms with van der Waals surface area (Å²) < 4.78 is 18.4. The van der Waals surface area contributed by atoms with E-state index in [1.165, 1.54) is 14.2 Å². The van der Waals surface area contributed by atoms with Gasteiger partial charge in [0.05, 0.1) is 32.8 Å². The van der Waals surface area contributed by atoms with Gasteiger partial charge in [-0.2, -0.15) is 0 Å². The highest BCUT2D eigenvalue weighted by atomic mass is 79.9. The summed E-state index contributed by atoms with van der Waals surface area (Å²) in [7, 11) is 4.35. The largest absolute Gasteiger partial charge is 0.497 e. The summed E-state index contributed by atoms with van der Waals surface area (Å²) in [5.41, 5.74) is 0.198. The van der Waals surface area contributed by atoms with E-state index in [1.54, 1.807) is 43.5 Å². The molecule has 1 saturated carbocycles. The lowest BCUT2D eigenvalue weighted by Crippen LogP contribution is -2.52. The third-order valence-corrected chi connectivity index (χ3v) is 7.68. The van der Waals surface area contributed by atoms with Crippen LogP contribution in [0.25, 0.3) is 0 Å². The van der Waals surface area contributed by atoms with Crippen molar-refractivity contribution in [2.75, 3.05) is 21.3 Å². The molecule has 0 bridgehead atoms. The second kappa shape index (κ2) is 9.08. The third kappa shape index (κ3) is 3.27. The molecule has 0 radical (unpaired) electrons. The van der Waals surface area contributed by atoms with Crippen LogP contribution in [-0.2, 0) is 20.8 Å². The predicted octanol–water partition coefficient (Wildman–Crippen LogP) is 3.39. The van der Waals surface area contributed by atoms with Crippen LogP contribution in [0.3, 0.4) is 0 Å². The number of hydrogen-bond acceptors (Lipinski definition) is 7. The molecule has 9 heteroatoms. The molecule has 0 unspecified atom stereocenters. The van der Waals surface area contributed by atoms with Gasteiger partial charge < -0.3 is 24.4 Å². The van der Waals surface area contributed by atoms with Crippen molar-refractivity contribution in [3.05, 3.63) is 87.9 Å². The summed E-state index contributed by atoms with van der Waals surface area (Å²) in [5.74, 6) is -1.28. The first-order chi connectivity index (χ1) is 17.3. The molecule has 1 aliphatic heterocycles. The number of fused-ring (bicyclic) bond motifs is 3. The predicted molar refractivity (Wildman–Crippen MR) is 134 cm³/mol. The second-order valence-corrected chi connectivity index (χ2v) is 9.76. The van der Waals surface area contributed by atoms with Gasteiger partial charge in [0.15, 0.2) is 11.2 Å². The molecular formula is C27H26BrNO7. The van der Waals surface area contributed by atoms with Gasteiger partial charge in [0, 0.05) is 10.4 Å². The number of nitrogens with one attached hydrogen (secondary N) is 1. The number of carbonyl (C=O) groups excluding carboxylic acids is 1. The maximum absolute atomic E-state index is 13.4. The van der Waals surface area contributed by atoms with Crippen molar-refractivity contribution < 1.29 is 34.1 Å². The molecule has 2 aliphatic rings. The van der Waals surface area contributed by atoms with Crippen LogP contribution < -0.4 is 19.7 Å². The normalized spacial score (nSPS) is 28.1. The second-order valence-electron chi connectivity index (χ2n) is 8.84. The van der Waals surface area contributed by atoms with Crippen molar-refractivity contribution in [3.63, 3.8) is 0 Å². The number of aliphatic hydroxyl groups excluding tert-OH is 1. The van der Waals surface area contributed by atoms with E-state index in [0.717, 1.165) is 0 Å². The van der Waals surface area contributed by atoms with Crippen molar-refractivity contribution in [3.8, 4) is 17.2 Å². The highest BCUT2D eigenvalue weighted by molar-refractivity contribution is 9.10. The minimum absolute atomic E-state index is 0.269. The minimum atomic E-state index is -2.07. The van der Waals surface area contributed by atoms with E-state index < -0.39 is 35.0 Å². The number of carbonyl (C=O) groups is 1. The molecule has 0 saturated heterocycles. The summed E-state index contributed by atoms with van der Waals surface area (Å²) in [5, 5.41) is 24.6. The number of halogens is 1. The Kier molecular flexibility index (Phi) is 6.20. The van der Waals surface area contributed by atoms with Gasteiger partial charge in [0.1, 0.15) is 23.4 Å². The smallest absolute Gasteiger partial charge is 0.250 e. The molecule has 8 nitrogen and oxygen atoms in total. The first kappa shape index (κ1) is 24.6. The van der Waals surface area contributed by atoms with E-state index in [4.69, 9.17) is 19.0 Å². The number of hydroxylamine groups is 1. The summed E-state index contributed by atoms with van der Waals surface area (Å²) in [6.45, 7) is 0. The Labute approximate surface area is 216 Å². The molecule has 3 N–H and O–H groups in total. The van der Waals surface area contributed by atoms with Gasteiger partial charge in [-0.3, -0.25) is 9.63 Å². The van der Waals surface area contributed by atoms with Gasteiger partial charge in [-0.15, -0.1) is 0 Å². The molecule has 1 fully saturated rings. The van der Waals surface area contributed by atoms with Gasteiger partial charge in [0.25, 0.3) is 0 Å². The van der Waals surface area contributed by atoms with Crippen LogP contribution in [0.4, 0.5) is 0 Å². The monoisotopic (exact) mass is 555 g/mol. The van der Waals surface area contributed by atoms with E-state index in [1.807, 2.05) is 30.3 Å². The Morgan fingerprint density at radius 3 is 2.33 bits per heavy atom. The molecule has 0 aromatic heterocycles. The van der Waals surface area contributed by atoms with Crippen LogP contribution >= 0.6 is 15.9 Å². The first-order valence-corrected chi connectivity index (χ1v) is 12.1. The van der Waals surface area contributed by atoms with Gasteiger partial charge in [-0.05, 0) is 35.4 Å². The maximum Gasteiger partial charge on any atom is 0.250 e. The number of ether oxygens (including phenoxy) is 3. The summed E-state index contributed by atoms with van der Waals surface area (Å²) in [4.78, 5) is 18.3. The van der Waals surface area contributed by atoms with Crippen LogP contribution in [0, 0.1) is 5.92 Å². The van der Waals surface area contributed by atoms with Crippen LogP contribution in [0.15, 0.2) is 71.2 Å². The van der Waals surface area contributed by atoms with Crippen LogP contribution in [0.1, 0.15) is 22.6 Å². The zero-order valence-corrected chi connectivity index (χ0v) is 21.5. The molecule has 3 aromatic carbocycles. The average Bonchev–Trinajstić information content (AvgIpc) is 3.26. The summed E-state index contributed by atoms with van der Waals surface area (Å²) >= 11 is 3.48. The fourth-order valence-electron chi connectivity index (χ4n) is 5.84. The fourth-order valence-corrected chi connectivity index (χ4v) is 6.25. The number of amides is 1. The fraction of sp³-hybridized carbons (Fsp3) is 0.296. The number of hydrogen-bond donors (Lipinski definition) is 3. The number of methoxy groups -OCH3 is 2. The molecule has 5 atom stereocenters. The van der Waals surface area contributed by atoms with Gasteiger partial charge in [-0.1, -0.05) is 58.4 Å². The van der Waals surface area contributed by atoms with Gasteiger partial charge in [-0.25, -0.2) is 5.48 Å². The highest BCUT2D eigenvalue weighted by Crippen LogP contribution is 2.70. The lowest BCUT2D eigenvalue weighted by Gasteiger charge is -2.40. The van der Waals surface area contributed by atoms with Crippen LogP contribution in [0.2, 0.25) is 0 Å². The SMILES string of the molecule is CONC(=O)[C@H]1[C@@H](O)[C@@]2(O)c3c(OC)cc(Br)cc3O[C@@]2(c2ccc(OC)cc2)[C@@H]1c1ccccc1. The molecule has 36 heavy (non-hydrogen) atoms. The Bertz CT molecular complexity index is 1290. The first-order valence-electron chi connectivity index (χ1n) is 11.3. The maximum atomic E-state index is 13.4. The molecular weight excluding hydrogens is 530 g/mol. The Balaban J connectivity index is 1.87. The van der Waals surface area contributed by atoms with Crippen molar-refractivity contribution in [1.82, 2.24) is 5.48 Å². The molecule has 5 rings (SSSR count). The zero-order valence-electron chi connectivity index (χ0n) is 19.9. The van der Waals surface area contributed by atoms with Crippen LogP contribution in [-0.4, -0.2) is 43.6 Å². The van der Waals surface area contributed by atoms with E-state index in [0.29, 0.717) is 32.8 Å².